The molecule has 128 valence electrons. The van der Waals surface area contributed by atoms with Crippen LogP contribution in [0, 0.1) is 6.92 Å². The predicted molar refractivity (Wildman–Crippen MR) is 90.2 cm³/mol. The van der Waals surface area contributed by atoms with Gasteiger partial charge in [0.05, 0.1) is 6.04 Å². The fourth-order valence-electron chi connectivity index (χ4n) is 3.57. The predicted octanol–water partition coefficient (Wildman–Crippen LogP) is 3.98. The van der Waals surface area contributed by atoms with E-state index in [-0.39, 0.29) is 11.9 Å². The molecule has 25 heavy (non-hydrogen) atoms. The van der Waals surface area contributed by atoms with Gasteiger partial charge in [-0.15, -0.1) is 0 Å². The quantitative estimate of drug-likeness (QED) is 0.723. The van der Waals surface area contributed by atoms with Gasteiger partial charge < -0.3 is 13.8 Å². The van der Waals surface area contributed by atoms with Crippen molar-refractivity contribution in [3.63, 3.8) is 0 Å². The molecule has 1 aliphatic carbocycles. The minimum Gasteiger partial charge on any atom is -0.451 e. The van der Waals surface area contributed by atoms with Gasteiger partial charge in [-0.25, -0.2) is 0 Å². The topological polar surface area (TPSA) is 72.4 Å². The number of nitrogens with zero attached hydrogens (tertiary/aromatic N) is 3. The minimum atomic E-state index is -0.126. The largest absolute Gasteiger partial charge is 0.451 e. The number of carbonyl (C=O) groups excluding carboxylic acids is 1. The third-order valence-electron chi connectivity index (χ3n) is 5.08. The molecule has 1 saturated heterocycles. The van der Waals surface area contributed by atoms with Crippen molar-refractivity contribution >= 4 is 16.9 Å². The summed E-state index contributed by atoms with van der Waals surface area (Å²) in [5.41, 5.74) is 1.88. The van der Waals surface area contributed by atoms with E-state index in [1.807, 2.05) is 36.1 Å². The number of carbonyl (C=O) groups is 1. The molecule has 2 aromatic heterocycles. The third kappa shape index (κ3) is 2.52. The van der Waals surface area contributed by atoms with E-state index in [2.05, 4.69) is 10.1 Å². The van der Waals surface area contributed by atoms with E-state index in [1.54, 1.807) is 0 Å². The number of benzene rings is 1. The molecule has 3 heterocycles. The molecular weight excluding hydrogens is 318 g/mol. The molecule has 1 aromatic carbocycles. The Bertz CT molecular complexity index is 954. The maximum absolute atomic E-state index is 13.0. The normalized spacial score (nSPS) is 20.5. The van der Waals surface area contributed by atoms with Gasteiger partial charge in [0.2, 0.25) is 5.89 Å². The van der Waals surface area contributed by atoms with Crippen LogP contribution in [-0.4, -0.2) is 27.5 Å². The van der Waals surface area contributed by atoms with Crippen LogP contribution in [0.5, 0.6) is 0 Å². The summed E-state index contributed by atoms with van der Waals surface area (Å²) >= 11 is 0. The summed E-state index contributed by atoms with van der Waals surface area (Å²) < 4.78 is 11.2. The van der Waals surface area contributed by atoms with Crippen molar-refractivity contribution in [2.45, 2.75) is 44.6 Å². The van der Waals surface area contributed by atoms with E-state index in [9.17, 15) is 4.79 Å². The molecule has 0 radical (unpaired) electrons. The average Bonchev–Trinajstić information content (AvgIpc) is 3.04. The number of fused-ring (bicyclic) bond motifs is 1. The van der Waals surface area contributed by atoms with Gasteiger partial charge in [-0.1, -0.05) is 16.8 Å². The molecule has 1 amide bonds. The van der Waals surface area contributed by atoms with Crippen molar-refractivity contribution < 1.29 is 13.7 Å². The van der Waals surface area contributed by atoms with Gasteiger partial charge in [0, 0.05) is 17.8 Å². The maximum Gasteiger partial charge on any atom is 0.290 e. The number of likely N-dealkylation sites (tertiary alicyclic amines) is 1. The second-order valence-corrected chi connectivity index (χ2v) is 7.07. The SMILES string of the molecule is Cc1ccc2oc(C(=O)N3CCC[C@H]3c3noc(C4CC4)n3)cc2c1. The van der Waals surface area contributed by atoms with Gasteiger partial charge in [0.15, 0.2) is 11.6 Å². The standard InChI is InChI=1S/C19H19N3O3/c1-11-4-7-15-13(9-11)10-16(24-15)19(23)22-8-2-3-14(22)17-20-18(25-21-17)12-5-6-12/h4,7,9-10,12,14H,2-3,5-6,8H2,1H3/t14-/m0/s1. The number of rotatable bonds is 3. The zero-order valence-electron chi connectivity index (χ0n) is 14.1. The number of hydrogen-bond acceptors (Lipinski definition) is 5. The van der Waals surface area contributed by atoms with Crippen LogP contribution in [0.25, 0.3) is 11.0 Å². The lowest BCUT2D eigenvalue weighted by atomic mass is 10.2. The lowest BCUT2D eigenvalue weighted by Crippen LogP contribution is -2.30. The molecule has 0 bridgehead atoms. The zero-order valence-corrected chi connectivity index (χ0v) is 14.1. The number of furan rings is 1. The van der Waals surface area contributed by atoms with E-state index < -0.39 is 0 Å². The molecule has 3 aromatic rings. The van der Waals surface area contributed by atoms with Crippen molar-refractivity contribution in [3.05, 3.63) is 47.3 Å². The van der Waals surface area contributed by atoms with Gasteiger partial charge in [0.25, 0.3) is 5.91 Å². The Kier molecular flexibility index (Phi) is 3.20. The molecule has 0 unspecified atom stereocenters. The van der Waals surface area contributed by atoms with E-state index in [0.29, 0.717) is 29.9 Å². The Morgan fingerprint density at radius 2 is 2.12 bits per heavy atom. The summed E-state index contributed by atoms with van der Waals surface area (Å²) in [4.78, 5) is 19.3. The van der Waals surface area contributed by atoms with Crippen molar-refractivity contribution in [2.75, 3.05) is 6.54 Å². The molecule has 0 N–H and O–H groups in total. The highest BCUT2D eigenvalue weighted by Gasteiger charge is 2.37. The van der Waals surface area contributed by atoms with Crippen LogP contribution in [0.1, 0.15) is 65.5 Å². The Labute approximate surface area is 144 Å². The lowest BCUT2D eigenvalue weighted by Gasteiger charge is -2.20. The van der Waals surface area contributed by atoms with E-state index in [4.69, 9.17) is 8.94 Å². The number of aryl methyl sites for hydroxylation is 1. The molecule has 2 aliphatic rings. The summed E-state index contributed by atoms with van der Waals surface area (Å²) in [7, 11) is 0. The van der Waals surface area contributed by atoms with Crippen molar-refractivity contribution in [1.29, 1.82) is 0 Å². The van der Waals surface area contributed by atoms with Gasteiger partial charge in [-0.2, -0.15) is 4.98 Å². The van der Waals surface area contributed by atoms with Gasteiger partial charge in [-0.3, -0.25) is 4.79 Å². The second kappa shape index (κ2) is 5.44. The number of amides is 1. The highest BCUT2D eigenvalue weighted by Crippen LogP contribution is 2.40. The van der Waals surface area contributed by atoms with Gasteiger partial charge in [0.1, 0.15) is 5.58 Å². The minimum absolute atomic E-state index is 0.103. The fraction of sp³-hybridized carbons (Fsp3) is 0.421. The first-order valence-electron chi connectivity index (χ1n) is 8.84. The molecule has 6 heteroatoms. The maximum atomic E-state index is 13.0. The monoisotopic (exact) mass is 337 g/mol. The second-order valence-electron chi connectivity index (χ2n) is 7.07. The molecule has 6 nitrogen and oxygen atoms in total. The van der Waals surface area contributed by atoms with E-state index in [1.165, 1.54) is 0 Å². The highest BCUT2D eigenvalue weighted by molar-refractivity contribution is 5.96. The Hall–Kier alpha value is -2.63. The van der Waals surface area contributed by atoms with Gasteiger partial charge in [-0.05, 0) is 50.8 Å². The Morgan fingerprint density at radius 3 is 2.96 bits per heavy atom. The number of aromatic nitrogens is 2. The Balaban J connectivity index is 1.44. The van der Waals surface area contributed by atoms with Crippen LogP contribution in [0.3, 0.4) is 0 Å². The van der Waals surface area contributed by atoms with Crippen LogP contribution >= 0.6 is 0 Å². The van der Waals surface area contributed by atoms with E-state index in [0.717, 1.165) is 42.2 Å². The molecule has 1 aliphatic heterocycles. The fourth-order valence-corrected chi connectivity index (χ4v) is 3.57. The molecule has 1 saturated carbocycles. The first kappa shape index (κ1) is 14.7. The summed E-state index contributed by atoms with van der Waals surface area (Å²) in [6.45, 7) is 2.71. The van der Waals surface area contributed by atoms with Crippen LogP contribution in [0.4, 0.5) is 0 Å². The smallest absolute Gasteiger partial charge is 0.290 e. The highest BCUT2D eigenvalue weighted by atomic mass is 16.5. The van der Waals surface area contributed by atoms with Crippen LogP contribution in [-0.2, 0) is 0 Å². The first-order valence-corrected chi connectivity index (χ1v) is 8.84. The van der Waals surface area contributed by atoms with Crippen LogP contribution in [0.15, 0.2) is 33.2 Å². The molecule has 0 spiro atoms. The molecule has 5 rings (SSSR count). The van der Waals surface area contributed by atoms with Crippen molar-refractivity contribution in [2.24, 2.45) is 0 Å². The van der Waals surface area contributed by atoms with Crippen LogP contribution in [0.2, 0.25) is 0 Å². The first-order chi connectivity index (χ1) is 12.2. The van der Waals surface area contributed by atoms with Crippen molar-refractivity contribution in [3.8, 4) is 0 Å². The van der Waals surface area contributed by atoms with Crippen LogP contribution < -0.4 is 0 Å². The average molecular weight is 337 g/mol. The summed E-state index contributed by atoms with van der Waals surface area (Å²) in [5.74, 6) is 2.03. The summed E-state index contributed by atoms with van der Waals surface area (Å²) in [6, 6.07) is 7.62. The third-order valence-corrected chi connectivity index (χ3v) is 5.08. The Morgan fingerprint density at radius 1 is 1.24 bits per heavy atom. The number of hydrogen-bond donors (Lipinski definition) is 0. The zero-order chi connectivity index (χ0) is 17.0. The molecule has 2 fully saturated rings. The molecule has 1 atom stereocenters. The summed E-state index contributed by atoms with van der Waals surface area (Å²) in [6.07, 6.45) is 4.03. The molecular formula is C19H19N3O3. The van der Waals surface area contributed by atoms with E-state index >= 15 is 0 Å². The van der Waals surface area contributed by atoms with Crippen molar-refractivity contribution in [1.82, 2.24) is 15.0 Å². The summed E-state index contributed by atoms with van der Waals surface area (Å²) in [5, 5.41) is 5.08. The lowest BCUT2D eigenvalue weighted by molar-refractivity contribution is 0.0698. The van der Waals surface area contributed by atoms with Gasteiger partial charge >= 0.3 is 0 Å².